The lowest BCUT2D eigenvalue weighted by Crippen LogP contribution is -2.30. The maximum atomic E-state index is 13.1. The van der Waals surface area contributed by atoms with E-state index in [2.05, 4.69) is 34.6 Å². The van der Waals surface area contributed by atoms with Gasteiger partial charge in [0, 0.05) is 25.7 Å². The summed E-state index contributed by atoms with van der Waals surface area (Å²) in [6.45, 7) is 7.28. The van der Waals surface area contributed by atoms with E-state index >= 15 is 0 Å². The van der Waals surface area contributed by atoms with E-state index in [1.807, 2.05) is 0 Å². The molecule has 3 N–H and O–H groups in total. The van der Waals surface area contributed by atoms with Crippen LogP contribution < -0.4 is 0 Å². The van der Waals surface area contributed by atoms with Crippen LogP contribution >= 0.6 is 15.6 Å². The van der Waals surface area contributed by atoms with Crippen molar-refractivity contribution < 1.29 is 80.2 Å². The molecule has 0 fully saturated rings. The fourth-order valence-corrected chi connectivity index (χ4v) is 12.9. The number of hydrogen-bond donors (Lipinski definition) is 3. The van der Waals surface area contributed by atoms with E-state index in [0.29, 0.717) is 25.7 Å². The molecule has 0 rings (SSSR count). The lowest BCUT2D eigenvalue weighted by atomic mass is 10.0. The Morgan fingerprint density at radius 1 is 0.290 bits per heavy atom. The van der Waals surface area contributed by atoms with E-state index < -0.39 is 97.5 Å². The number of aliphatic hydroxyl groups excluding tert-OH is 1. The van der Waals surface area contributed by atoms with E-state index in [1.165, 1.54) is 205 Å². The molecule has 0 aromatic carbocycles. The van der Waals surface area contributed by atoms with Gasteiger partial charge in [-0.25, -0.2) is 9.13 Å². The Bertz CT molecular complexity index is 1790. The molecule has 0 saturated carbocycles. The van der Waals surface area contributed by atoms with Crippen LogP contribution in [-0.2, 0) is 65.4 Å². The zero-order valence-corrected chi connectivity index (χ0v) is 62.2. The highest BCUT2D eigenvalue weighted by molar-refractivity contribution is 7.47. The summed E-state index contributed by atoms with van der Waals surface area (Å²) in [7, 11) is -9.90. The minimum Gasteiger partial charge on any atom is -0.462 e. The summed E-state index contributed by atoms with van der Waals surface area (Å²) in [5.41, 5.74) is 0. The van der Waals surface area contributed by atoms with Crippen molar-refractivity contribution in [2.24, 2.45) is 5.92 Å². The van der Waals surface area contributed by atoms with E-state index in [9.17, 15) is 43.2 Å². The predicted molar refractivity (Wildman–Crippen MR) is 377 cm³/mol. The van der Waals surface area contributed by atoms with Crippen molar-refractivity contribution in [1.82, 2.24) is 0 Å². The summed E-state index contributed by atoms with van der Waals surface area (Å²) in [6.07, 6.45) is 55.4. The molecule has 552 valence electrons. The second kappa shape index (κ2) is 67.3. The van der Waals surface area contributed by atoms with Gasteiger partial charge in [-0.2, -0.15) is 0 Å². The van der Waals surface area contributed by atoms with Gasteiger partial charge in [0.1, 0.15) is 19.3 Å². The van der Waals surface area contributed by atoms with Crippen molar-refractivity contribution >= 4 is 39.5 Å². The number of phosphoric ester groups is 2. The van der Waals surface area contributed by atoms with Crippen LogP contribution in [0, 0.1) is 5.92 Å². The van der Waals surface area contributed by atoms with E-state index in [4.69, 9.17) is 37.0 Å². The molecule has 0 heterocycles. The van der Waals surface area contributed by atoms with Crippen LogP contribution in [0.1, 0.15) is 388 Å². The van der Waals surface area contributed by atoms with Crippen LogP contribution in [0.4, 0.5) is 0 Å². The summed E-state index contributed by atoms with van der Waals surface area (Å²) in [4.78, 5) is 72.7. The molecule has 0 radical (unpaired) electrons. The quantitative estimate of drug-likeness (QED) is 0.0222. The van der Waals surface area contributed by atoms with Crippen molar-refractivity contribution in [2.75, 3.05) is 39.6 Å². The minimum atomic E-state index is -4.95. The third-order valence-corrected chi connectivity index (χ3v) is 19.2. The highest BCUT2D eigenvalue weighted by atomic mass is 31.2. The van der Waals surface area contributed by atoms with Gasteiger partial charge < -0.3 is 33.8 Å². The highest BCUT2D eigenvalue weighted by Crippen LogP contribution is 2.45. The zero-order valence-electron chi connectivity index (χ0n) is 60.4. The van der Waals surface area contributed by atoms with Gasteiger partial charge in [-0.3, -0.25) is 37.3 Å². The SMILES string of the molecule is CCCCCCCCCCCCCCCCCCC(=O)OC[C@H](COP(=O)(O)OC[C@@H](O)COP(=O)(O)OC[C@@H](COC(=O)CCCCCCCCCC)OC(=O)CCCCCCCCCCCCCCC)OC(=O)CCCCCCCCCCCCCCCC(C)C. The highest BCUT2D eigenvalue weighted by Gasteiger charge is 2.30. The topological polar surface area (TPSA) is 237 Å². The smallest absolute Gasteiger partial charge is 0.462 e. The van der Waals surface area contributed by atoms with Gasteiger partial charge in [-0.1, -0.05) is 336 Å². The lowest BCUT2D eigenvalue weighted by Gasteiger charge is -2.21. The molecule has 0 saturated heterocycles. The standard InChI is InChI=1S/C74H144O17P2/c1-6-9-12-15-18-21-23-25-26-27-31-34-38-43-48-53-58-72(77)85-64-70(91-74(79)60-55-50-45-40-36-32-28-30-33-37-41-46-51-56-67(4)5)66-89-93(82,83)87-62-68(75)61-86-92(80,81)88-65-69(63-84-71(76)57-52-47-42-20-17-14-11-8-3)90-73(78)59-54-49-44-39-35-29-24-22-19-16-13-10-7-2/h67-70,75H,6-66H2,1-5H3,(H,80,81)(H,82,83)/t68-,69+,70+/m0/s1. The largest absolute Gasteiger partial charge is 0.472 e. The number of esters is 4. The lowest BCUT2D eigenvalue weighted by molar-refractivity contribution is -0.161. The molecule has 0 bridgehead atoms. The van der Waals surface area contributed by atoms with Gasteiger partial charge in [-0.15, -0.1) is 0 Å². The first kappa shape index (κ1) is 91.1. The fourth-order valence-electron chi connectivity index (χ4n) is 11.4. The molecule has 0 aromatic rings. The Hall–Kier alpha value is -1.94. The Balaban J connectivity index is 5.22. The van der Waals surface area contributed by atoms with Crippen molar-refractivity contribution in [3.8, 4) is 0 Å². The average molecular weight is 1370 g/mol. The molecular formula is C74H144O17P2. The molecule has 17 nitrogen and oxygen atoms in total. The van der Waals surface area contributed by atoms with Crippen LogP contribution in [0.15, 0.2) is 0 Å². The normalized spacial score (nSPS) is 14.0. The van der Waals surface area contributed by atoms with Gasteiger partial charge in [0.05, 0.1) is 26.4 Å². The summed E-state index contributed by atoms with van der Waals surface area (Å²) in [5, 5.41) is 10.6. The summed E-state index contributed by atoms with van der Waals surface area (Å²) in [5.74, 6) is -1.33. The average Bonchev–Trinajstić information content (AvgIpc) is 3.50. The first-order valence-corrected chi connectivity index (χ1v) is 41.6. The van der Waals surface area contributed by atoms with Crippen LogP contribution in [0.25, 0.3) is 0 Å². The Morgan fingerprint density at radius 2 is 0.495 bits per heavy atom. The summed E-state index contributed by atoms with van der Waals surface area (Å²) in [6, 6.07) is 0. The molecule has 19 heteroatoms. The molecule has 93 heavy (non-hydrogen) atoms. The second-order valence-corrected chi connectivity index (χ2v) is 30.1. The second-order valence-electron chi connectivity index (χ2n) is 27.2. The fraction of sp³-hybridized carbons (Fsp3) is 0.946. The van der Waals surface area contributed by atoms with Crippen molar-refractivity contribution in [3.05, 3.63) is 0 Å². The van der Waals surface area contributed by atoms with E-state index in [1.54, 1.807) is 0 Å². The minimum absolute atomic E-state index is 0.108. The van der Waals surface area contributed by atoms with Gasteiger partial charge in [0.25, 0.3) is 0 Å². The first-order chi connectivity index (χ1) is 45.0. The molecule has 0 aliphatic rings. The number of hydrogen-bond acceptors (Lipinski definition) is 15. The number of ether oxygens (including phenoxy) is 4. The zero-order chi connectivity index (χ0) is 68.4. The monoisotopic (exact) mass is 1370 g/mol. The van der Waals surface area contributed by atoms with Crippen molar-refractivity contribution in [1.29, 1.82) is 0 Å². The van der Waals surface area contributed by atoms with Gasteiger partial charge in [-0.05, 0) is 31.6 Å². The third-order valence-electron chi connectivity index (χ3n) is 17.3. The van der Waals surface area contributed by atoms with Crippen molar-refractivity contribution in [3.63, 3.8) is 0 Å². The predicted octanol–water partition coefficient (Wildman–Crippen LogP) is 21.7. The first-order valence-electron chi connectivity index (χ1n) is 38.6. The number of rotatable bonds is 74. The van der Waals surface area contributed by atoms with Crippen LogP contribution in [0.3, 0.4) is 0 Å². The van der Waals surface area contributed by atoms with Crippen LogP contribution in [0.5, 0.6) is 0 Å². The van der Waals surface area contributed by atoms with Gasteiger partial charge in [0.15, 0.2) is 12.2 Å². The molecule has 0 spiro atoms. The molecule has 0 aliphatic heterocycles. The van der Waals surface area contributed by atoms with Gasteiger partial charge >= 0.3 is 39.5 Å². The molecule has 2 unspecified atom stereocenters. The van der Waals surface area contributed by atoms with Crippen molar-refractivity contribution in [2.45, 2.75) is 406 Å². The molecule has 0 amide bonds. The summed E-state index contributed by atoms with van der Waals surface area (Å²) < 4.78 is 68.4. The Morgan fingerprint density at radius 3 is 0.731 bits per heavy atom. The molecule has 5 atom stereocenters. The van der Waals surface area contributed by atoms with Crippen LogP contribution in [0.2, 0.25) is 0 Å². The Kier molecular flexibility index (Phi) is 65.9. The van der Waals surface area contributed by atoms with E-state index in [0.717, 1.165) is 102 Å². The number of carbonyl (C=O) groups is 4. The molecular weight excluding hydrogens is 1220 g/mol. The number of phosphoric acid groups is 2. The third kappa shape index (κ3) is 68.4. The van der Waals surface area contributed by atoms with E-state index in [-0.39, 0.29) is 25.7 Å². The molecule has 0 aromatic heterocycles. The number of unbranched alkanes of at least 4 members (excludes halogenated alkanes) is 46. The van der Waals surface area contributed by atoms with Gasteiger partial charge in [0.2, 0.25) is 0 Å². The maximum Gasteiger partial charge on any atom is 0.472 e. The Labute approximate surface area is 568 Å². The number of aliphatic hydroxyl groups is 1. The summed E-state index contributed by atoms with van der Waals surface area (Å²) >= 11 is 0. The maximum absolute atomic E-state index is 13.1. The molecule has 0 aliphatic carbocycles. The number of carbonyl (C=O) groups excluding carboxylic acids is 4. The van der Waals surface area contributed by atoms with Crippen LogP contribution in [-0.4, -0.2) is 96.7 Å².